The van der Waals surface area contributed by atoms with Crippen molar-refractivity contribution in [2.45, 2.75) is 19.4 Å². The zero-order valence-corrected chi connectivity index (χ0v) is 12.0. The summed E-state index contributed by atoms with van der Waals surface area (Å²) in [6.45, 7) is 2.26. The highest BCUT2D eigenvalue weighted by Gasteiger charge is 2.14. The van der Waals surface area contributed by atoms with Crippen molar-refractivity contribution in [2.24, 2.45) is 5.73 Å². The monoisotopic (exact) mass is 279 g/mol. The highest BCUT2D eigenvalue weighted by atomic mass is 16.5. The van der Waals surface area contributed by atoms with Crippen LogP contribution in [0.25, 0.3) is 0 Å². The maximum Gasteiger partial charge on any atom is 0.251 e. The predicted molar refractivity (Wildman–Crippen MR) is 77.7 cm³/mol. The van der Waals surface area contributed by atoms with Gasteiger partial charge in [0.05, 0.1) is 6.04 Å². The summed E-state index contributed by atoms with van der Waals surface area (Å²) in [4.78, 5) is 23.4. The molecule has 1 atom stereocenters. The largest absolute Gasteiger partial charge is 0.385 e. The van der Waals surface area contributed by atoms with Crippen molar-refractivity contribution in [1.82, 2.24) is 5.32 Å². The Labute approximate surface area is 118 Å². The number of nitrogens with two attached hydrogens (primary N) is 1. The zero-order chi connectivity index (χ0) is 15.1. The quantitative estimate of drug-likeness (QED) is 0.713. The number of aryl methyl sites for hydroxylation is 1. The summed E-state index contributed by atoms with van der Waals surface area (Å²) in [5.41, 5.74) is 7.75. The molecule has 1 unspecified atom stereocenters. The molecule has 6 heteroatoms. The smallest absolute Gasteiger partial charge is 0.251 e. The number of methoxy groups -OCH3 is 1. The molecule has 1 aromatic rings. The van der Waals surface area contributed by atoms with Crippen LogP contribution in [0.3, 0.4) is 0 Å². The van der Waals surface area contributed by atoms with E-state index in [1.807, 2.05) is 6.92 Å². The molecule has 110 valence electrons. The van der Waals surface area contributed by atoms with Gasteiger partial charge in [0.2, 0.25) is 5.91 Å². The fraction of sp³-hybridized carbons (Fsp3) is 0.429. The molecule has 0 aliphatic rings. The number of hydrogen-bond acceptors (Lipinski definition) is 4. The van der Waals surface area contributed by atoms with E-state index in [9.17, 15) is 9.59 Å². The Morgan fingerprint density at radius 1 is 1.40 bits per heavy atom. The van der Waals surface area contributed by atoms with Gasteiger partial charge in [-0.2, -0.15) is 0 Å². The minimum Gasteiger partial charge on any atom is -0.385 e. The van der Waals surface area contributed by atoms with Gasteiger partial charge in [-0.1, -0.05) is 0 Å². The van der Waals surface area contributed by atoms with E-state index < -0.39 is 6.04 Å². The molecule has 0 aliphatic heterocycles. The van der Waals surface area contributed by atoms with Crippen LogP contribution in [-0.2, 0) is 9.53 Å². The molecular formula is C14H21N3O3. The molecule has 1 rings (SSSR count). The van der Waals surface area contributed by atoms with Crippen molar-refractivity contribution in [3.05, 3.63) is 29.3 Å². The Bertz CT molecular complexity index is 489. The molecule has 20 heavy (non-hydrogen) atoms. The molecule has 0 saturated carbocycles. The van der Waals surface area contributed by atoms with Gasteiger partial charge in [0.1, 0.15) is 0 Å². The number of benzene rings is 1. The maximum atomic E-state index is 11.9. The number of hydrogen-bond donors (Lipinski definition) is 3. The van der Waals surface area contributed by atoms with E-state index in [0.29, 0.717) is 24.3 Å². The number of anilines is 1. The first kappa shape index (κ1) is 16.1. The average Bonchev–Trinajstić information content (AvgIpc) is 2.45. The summed E-state index contributed by atoms with van der Waals surface area (Å²) >= 11 is 0. The molecule has 6 nitrogen and oxygen atoms in total. The average molecular weight is 279 g/mol. The Morgan fingerprint density at radius 3 is 2.65 bits per heavy atom. The van der Waals surface area contributed by atoms with Crippen molar-refractivity contribution in [3.63, 3.8) is 0 Å². The van der Waals surface area contributed by atoms with Gasteiger partial charge in [0.15, 0.2) is 0 Å². The van der Waals surface area contributed by atoms with Gasteiger partial charge >= 0.3 is 0 Å². The Hall–Kier alpha value is -1.92. The predicted octanol–water partition coefficient (Wildman–Crippen LogP) is 0.657. The SMILES string of the molecule is CNC(=O)c1ccc(NC(=O)C(N)CCOC)c(C)c1. The standard InChI is InChI=1S/C14H21N3O3/c1-9-8-10(13(18)16-2)4-5-12(9)17-14(19)11(15)6-7-20-3/h4-5,8,11H,6-7,15H2,1-3H3,(H,16,18)(H,17,19). The summed E-state index contributed by atoms with van der Waals surface area (Å²) in [5.74, 6) is -0.430. The molecule has 0 aliphatic carbocycles. The second kappa shape index (κ2) is 7.62. The molecule has 4 N–H and O–H groups in total. The van der Waals surface area contributed by atoms with Crippen LogP contribution in [0.15, 0.2) is 18.2 Å². The molecule has 2 amide bonds. The molecule has 0 radical (unpaired) electrons. The number of carbonyl (C=O) groups excluding carboxylic acids is 2. The molecular weight excluding hydrogens is 258 g/mol. The first-order chi connectivity index (χ1) is 9.49. The topological polar surface area (TPSA) is 93.5 Å². The molecule has 0 saturated heterocycles. The van der Waals surface area contributed by atoms with Gasteiger partial charge in [-0.15, -0.1) is 0 Å². The molecule has 0 bridgehead atoms. The molecule has 1 aromatic carbocycles. The van der Waals surface area contributed by atoms with E-state index in [1.54, 1.807) is 32.4 Å². The van der Waals surface area contributed by atoms with E-state index in [4.69, 9.17) is 10.5 Å². The minimum atomic E-state index is -0.618. The number of ether oxygens (including phenoxy) is 1. The third-order valence-electron chi connectivity index (χ3n) is 2.94. The molecule has 0 fully saturated rings. The lowest BCUT2D eigenvalue weighted by Crippen LogP contribution is -2.36. The van der Waals surface area contributed by atoms with Crippen LogP contribution in [0.4, 0.5) is 5.69 Å². The van der Waals surface area contributed by atoms with E-state index in [-0.39, 0.29) is 11.8 Å². The van der Waals surface area contributed by atoms with Gasteiger partial charge in [-0.3, -0.25) is 9.59 Å². The summed E-state index contributed by atoms with van der Waals surface area (Å²) in [6, 6.07) is 4.45. The summed E-state index contributed by atoms with van der Waals surface area (Å²) < 4.78 is 4.89. The highest BCUT2D eigenvalue weighted by molar-refractivity contribution is 5.97. The van der Waals surface area contributed by atoms with Crippen LogP contribution < -0.4 is 16.4 Å². The van der Waals surface area contributed by atoms with Crippen molar-refractivity contribution in [2.75, 3.05) is 26.1 Å². The molecule has 0 spiro atoms. The van der Waals surface area contributed by atoms with E-state index in [2.05, 4.69) is 10.6 Å². The van der Waals surface area contributed by atoms with E-state index in [0.717, 1.165) is 5.56 Å². The lowest BCUT2D eigenvalue weighted by molar-refractivity contribution is -0.117. The molecule has 0 heterocycles. The summed E-state index contributed by atoms with van der Waals surface area (Å²) in [7, 11) is 3.13. The fourth-order valence-electron chi connectivity index (χ4n) is 1.69. The van der Waals surface area contributed by atoms with Gasteiger partial charge < -0.3 is 21.1 Å². The van der Waals surface area contributed by atoms with Crippen molar-refractivity contribution < 1.29 is 14.3 Å². The van der Waals surface area contributed by atoms with E-state index in [1.165, 1.54) is 0 Å². The number of carbonyl (C=O) groups is 2. The first-order valence-electron chi connectivity index (χ1n) is 6.37. The van der Waals surface area contributed by atoms with Crippen LogP contribution in [0.2, 0.25) is 0 Å². The lowest BCUT2D eigenvalue weighted by Gasteiger charge is -2.14. The summed E-state index contributed by atoms with van der Waals surface area (Å²) in [5, 5.41) is 5.30. The zero-order valence-electron chi connectivity index (χ0n) is 12.0. The second-order valence-electron chi connectivity index (χ2n) is 4.49. The van der Waals surface area contributed by atoms with Gasteiger partial charge in [-0.05, 0) is 37.1 Å². The van der Waals surface area contributed by atoms with Crippen molar-refractivity contribution in [1.29, 1.82) is 0 Å². The second-order valence-corrected chi connectivity index (χ2v) is 4.49. The first-order valence-corrected chi connectivity index (χ1v) is 6.37. The number of amides is 2. The Morgan fingerprint density at radius 2 is 2.10 bits per heavy atom. The van der Waals surface area contributed by atoms with E-state index >= 15 is 0 Å². The van der Waals surface area contributed by atoms with Crippen molar-refractivity contribution in [3.8, 4) is 0 Å². The Kier molecular flexibility index (Phi) is 6.14. The fourth-order valence-corrected chi connectivity index (χ4v) is 1.69. The number of nitrogens with one attached hydrogen (secondary N) is 2. The third-order valence-corrected chi connectivity index (χ3v) is 2.94. The lowest BCUT2D eigenvalue weighted by atomic mass is 10.1. The Balaban J connectivity index is 2.73. The molecule has 0 aromatic heterocycles. The van der Waals surface area contributed by atoms with Crippen LogP contribution in [0.5, 0.6) is 0 Å². The third kappa shape index (κ3) is 4.32. The van der Waals surface area contributed by atoms with Crippen LogP contribution in [0.1, 0.15) is 22.3 Å². The summed E-state index contributed by atoms with van der Waals surface area (Å²) in [6.07, 6.45) is 0.456. The normalized spacial score (nSPS) is 11.8. The highest BCUT2D eigenvalue weighted by Crippen LogP contribution is 2.17. The van der Waals surface area contributed by atoms with Crippen molar-refractivity contribution >= 4 is 17.5 Å². The van der Waals surface area contributed by atoms with Gasteiger partial charge in [0, 0.05) is 32.0 Å². The number of rotatable bonds is 6. The maximum absolute atomic E-state index is 11.9. The van der Waals surface area contributed by atoms with Crippen LogP contribution in [0, 0.1) is 6.92 Å². The van der Waals surface area contributed by atoms with Gasteiger partial charge in [0.25, 0.3) is 5.91 Å². The van der Waals surface area contributed by atoms with Gasteiger partial charge in [-0.25, -0.2) is 0 Å². The minimum absolute atomic E-state index is 0.164. The van der Waals surface area contributed by atoms with Crippen LogP contribution in [-0.4, -0.2) is 38.6 Å². The van der Waals surface area contributed by atoms with Crippen LogP contribution >= 0.6 is 0 Å².